The lowest BCUT2D eigenvalue weighted by Crippen LogP contribution is -2.39. The van der Waals surface area contributed by atoms with Crippen LogP contribution in [-0.2, 0) is 15.6 Å². The van der Waals surface area contributed by atoms with Crippen LogP contribution in [0, 0.1) is 11.7 Å². The predicted molar refractivity (Wildman–Crippen MR) is 133 cm³/mol. The molecule has 2 fully saturated rings. The van der Waals surface area contributed by atoms with E-state index in [0.717, 1.165) is 49.2 Å². The first-order valence-electron chi connectivity index (χ1n) is 11.9. The molecule has 11 heteroatoms. The van der Waals surface area contributed by atoms with Gasteiger partial charge in [0.05, 0.1) is 39.8 Å². The molecule has 2 aliphatic heterocycles. The molecule has 188 valence electrons. The fourth-order valence-corrected chi connectivity index (χ4v) is 6.00. The highest BCUT2D eigenvalue weighted by atomic mass is 35.5. The number of sulfonamides is 1. The van der Waals surface area contributed by atoms with E-state index in [1.54, 1.807) is 4.90 Å². The Labute approximate surface area is 209 Å². The normalized spacial score (nSPS) is 21.9. The summed E-state index contributed by atoms with van der Waals surface area (Å²) >= 11 is 6.15. The second kappa shape index (κ2) is 8.58. The molecule has 1 aliphatic carbocycles. The number of carbonyl (C=O) groups is 1. The summed E-state index contributed by atoms with van der Waals surface area (Å²) in [6.45, 7) is 4.73. The van der Waals surface area contributed by atoms with Gasteiger partial charge in [0.25, 0.3) is 5.91 Å². The Morgan fingerprint density at radius 2 is 1.94 bits per heavy atom. The quantitative estimate of drug-likeness (QED) is 0.596. The van der Waals surface area contributed by atoms with Gasteiger partial charge in [0.2, 0.25) is 10.0 Å². The van der Waals surface area contributed by atoms with Crippen LogP contribution in [0.4, 0.5) is 15.9 Å². The molecule has 1 saturated heterocycles. The highest BCUT2D eigenvalue weighted by molar-refractivity contribution is 7.92. The third kappa shape index (κ3) is 4.82. The Balaban J connectivity index is 1.52. The van der Waals surface area contributed by atoms with E-state index in [1.807, 2.05) is 10.7 Å². The van der Waals surface area contributed by atoms with Crippen LogP contribution in [-0.4, -0.2) is 47.5 Å². The monoisotopic (exact) mass is 521 g/mol. The van der Waals surface area contributed by atoms with E-state index in [4.69, 9.17) is 21.7 Å². The summed E-state index contributed by atoms with van der Waals surface area (Å²) < 4.78 is 42.3. The minimum Gasteiger partial charge on any atom is -0.330 e. The van der Waals surface area contributed by atoms with E-state index in [-0.39, 0.29) is 27.9 Å². The SMILES string of the molecule is CC1(C)CC(C2CC2)=Nc2cc([C@@H]3CCCCN3C(=O)c3cc(F)cc(Cl)c3NS(C)(=O)=O)nn21. The molecule has 5 rings (SSSR count). The maximum absolute atomic E-state index is 14.3. The molecular weight excluding hydrogens is 493 g/mol. The zero-order chi connectivity index (χ0) is 25.1. The predicted octanol–water partition coefficient (Wildman–Crippen LogP) is 5.04. The van der Waals surface area contributed by atoms with Gasteiger partial charge in [-0.25, -0.2) is 22.5 Å². The second-order valence-electron chi connectivity index (χ2n) is 10.4. The minimum absolute atomic E-state index is 0.117. The van der Waals surface area contributed by atoms with Crippen molar-refractivity contribution >= 4 is 44.7 Å². The molecule has 0 unspecified atom stereocenters. The summed E-state index contributed by atoms with van der Waals surface area (Å²) in [6, 6.07) is 3.63. The van der Waals surface area contributed by atoms with Crippen LogP contribution in [0.1, 0.15) is 74.5 Å². The van der Waals surface area contributed by atoms with Gasteiger partial charge in [0, 0.05) is 24.7 Å². The standard InChI is InChI=1S/C24H29ClFN5O3S/c1-24(2)13-19(14-7-8-14)27-21-12-18(28-31(21)24)20-6-4-5-9-30(20)23(32)16-10-15(26)11-17(25)22(16)29-35(3,33)34/h10-12,14,20,29H,4-9,13H2,1-3H3/t20-/m0/s1. The maximum atomic E-state index is 14.3. The highest BCUT2D eigenvalue weighted by Gasteiger charge is 2.39. The zero-order valence-electron chi connectivity index (χ0n) is 20.0. The average Bonchev–Trinajstić information content (AvgIpc) is 3.53. The molecule has 0 bridgehead atoms. The molecule has 3 heterocycles. The third-order valence-corrected chi connectivity index (χ3v) is 7.75. The number of likely N-dealkylation sites (tertiary alicyclic amines) is 1. The molecule has 0 radical (unpaired) electrons. The topological polar surface area (TPSA) is 96.7 Å². The van der Waals surface area contributed by atoms with E-state index in [2.05, 4.69) is 18.6 Å². The number of hydrogen-bond donors (Lipinski definition) is 1. The lowest BCUT2D eigenvalue weighted by Gasteiger charge is -2.35. The molecule has 1 amide bonds. The van der Waals surface area contributed by atoms with Gasteiger partial charge in [-0.3, -0.25) is 9.52 Å². The van der Waals surface area contributed by atoms with E-state index < -0.39 is 21.7 Å². The number of amides is 1. The number of piperidine rings is 1. The number of carbonyl (C=O) groups excluding carboxylic acids is 1. The van der Waals surface area contributed by atoms with E-state index in [9.17, 15) is 17.6 Å². The van der Waals surface area contributed by atoms with Gasteiger partial charge >= 0.3 is 0 Å². The summed E-state index contributed by atoms with van der Waals surface area (Å²) in [5.74, 6) is 0.152. The number of fused-ring (bicyclic) bond motifs is 1. The summed E-state index contributed by atoms with van der Waals surface area (Å²) in [4.78, 5) is 20.3. The van der Waals surface area contributed by atoms with E-state index >= 15 is 0 Å². The van der Waals surface area contributed by atoms with Crippen LogP contribution in [0.5, 0.6) is 0 Å². The Morgan fingerprint density at radius 1 is 1.20 bits per heavy atom. The Kier molecular flexibility index (Phi) is 5.95. The van der Waals surface area contributed by atoms with Crippen LogP contribution < -0.4 is 4.72 Å². The molecule has 1 saturated carbocycles. The van der Waals surface area contributed by atoms with E-state index in [0.29, 0.717) is 18.9 Å². The van der Waals surface area contributed by atoms with Crippen molar-refractivity contribution in [2.75, 3.05) is 17.5 Å². The minimum atomic E-state index is -3.75. The van der Waals surface area contributed by atoms with Crippen molar-refractivity contribution in [3.8, 4) is 0 Å². The van der Waals surface area contributed by atoms with Crippen molar-refractivity contribution in [2.24, 2.45) is 10.9 Å². The average molecular weight is 522 g/mol. The molecule has 0 spiro atoms. The fraction of sp³-hybridized carbons (Fsp3) is 0.542. The number of halogens is 2. The number of nitrogens with one attached hydrogen (secondary N) is 1. The van der Waals surface area contributed by atoms with Gasteiger partial charge in [-0.1, -0.05) is 11.6 Å². The zero-order valence-corrected chi connectivity index (χ0v) is 21.6. The van der Waals surface area contributed by atoms with Gasteiger partial charge in [-0.05, 0) is 64.0 Å². The lowest BCUT2D eigenvalue weighted by atomic mass is 9.93. The number of aromatic nitrogens is 2. The van der Waals surface area contributed by atoms with Crippen molar-refractivity contribution < 1.29 is 17.6 Å². The van der Waals surface area contributed by atoms with Crippen LogP contribution in [0.3, 0.4) is 0 Å². The first-order valence-corrected chi connectivity index (χ1v) is 14.2. The van der Waals surface area contributed by atoms with Gasteiger partial charge in [0.15, 0.2) is 5.82 Å². The van der Waals surface area contributed by atoms with Crippen molar-refractivity contribution in [3.63, 3.8) is 0 Å². The number of benzene rings is 1. The van der Waals surface area contributed by atoms with Crippen LogP contribution >= 0.6 is 11.6 Å². The van der Waals surface area contributed by atoms with Crippen LogP contribution in [0.2, 0.25) is 5.02 Å². The van der Waals surface area contributed by atoms with Crippen LogP contribution in [0.15, 0.2) is 23.2 Å². The summed E-state index contributed by atoms with van der Waals surface area (Å²) in [6.07, 6.45) is 6.55. The first-order chi connectivity index (χ1) is 16.4. The second-order valence-corrected chi connectivity index (χ2v) is 12.6. The highest BCUT2D eigenvalue weighted by Crippen LogP contribution is 2.43. The molecule has 1 N–H and O–H groups in total. The van der Waals surface area contributed by atoms with Crippen molar-refractivity contribution in [1.82, 2.24) is 14.7 Å². The molecule has 1 atom stereocenters. The summed E-state index contributed by atoms with van der Waals surface area (Å²) in [7, 11) is -3.75. The summed E-state index contributed by atoms with van der Waals surface area (Å²) in [5.41, 5.74) is 1.50. The van der Waals surface area contributed by atoms with Gasteiger partial charge in [-0.2, -0.15) is 5.10 Å². The van der Waals surface area contributed by atoms with Crippen molar-refractivity contribution in [3.05, 3.63) is 40.3 Å². The first kappa shape index (κ1) is 24.2. The molecule has 3 aliphatic rings. The Bertz CT molecular complexity index is 1330. The van der Waals surface area contributed by atoms with Gasteiger partial charge in [0.1, 0.15) is 5.82 Å². The van der Waals surface area contributed by atoms with E-state index in [1.165, 1.54) is 18.6 Å². The maximum Gasteiger partial charge on any atom is 0.256 e. The van der Waals surface area contributed by atoms with Gasteiger partial charge in [-0.15, -0.1) is 0 Å². The fourth-order valence-electron chi connectivity index (χ4n) is 5.10. The van der Waals surface area contributed by atoms with Crippen molar-refractivity contribution in [1.29, 1.82) is 0 Å². The molecule has 35 heavy (non-hydrogen) atoms. The largest absolute Gasteiger partial charge is 0.330 e. The Morgan fingerprint density at radius 3 is 2.63 bits per heavy atom. The number of hydrogen-bond acceptors (Lipinski definition) is 5. The smallest absolute Gasteiger partial charge is 0.256 e. The molecular formula is C24H29ClFN5O3S. The Hall–Kier alpha value is -2.46. The molecule has 8 nitrogen and oxygen atoms in total. The van der Waals surface area contributed by atoms with Gasteiger partial charge < -0.3 is 4.90 Å². The number of aliphatic imine (C=N–C) groups is 1. The molecule has 2 aromatic rings. The van der Waals surface area contributed by atoms with Crippen molar-refractivity contribution in [2.45, 2.75) is 64.0 Å². The third-order valence-electron chi connectivity index (χ3n) is 6.88. The number of nitrogens with zero attached hydrogens (tertiary/aromatic N) is 4. The molecule has 1 aromatic carbocycles. The molecule has 1 aromatic heterocycles. The number of rotatable bonds is 5. The number of anilines is 1. The summed E-state index contributed by atoms with van der Waals surface area (Å²) in [5, 5.41) is 4.72. The lowest BCUT2D eigenvalue weighted by molar-refractivity contribution is 0.0605. The van der Waals surface area contributed by atoms with Crippen LogP contribution in [0.25, 0.3) is 0 Å².